The number of amides is 1. The second kappa shape index (κ2) is 7.84. The van der Waals surface area contributed by atoms with Gasteiger partial charge in [-0.05, 0) is 42.5 Å². The number of thioether (sulfide) groups is 1. The molecule has 0 aliphatic carbocycles. The van der Waals surface area contributed by atoms with Crippen molar-refractivity contribution in [3.05, 3.63) is 59.7 Å². The zero-order chi connectivity index (χ0) is 20.4. The second-order valence-corrected chi connectivity index (χ2v) is 8.46. The lowest BCUT2D eigenvalue weighted by Gasteiger charge is -2.11. The number of amidine groups is 1. The molecule has 1 aliphatic rings. The van der Waals surface area contributed by atoms with E-state index in [4.69, 9.17) is 0 Å². The number of benzene rings is 2. The Morgan fingerprint density at radius 1 is 1.11 bits per heavy atom. The third-order valence-corrected chi connectivity index (χ3v) is 5.96. The van der Waals surface area contributed by atoms with Crippen LogP contribution < -0.4 is 10.0 Å². The van der Waals surface area contributed by atoms with Gasteiger partial charge in [-0.1, -0.05) is 17.8 Å². The fourth-order valence-electron chi connectivity index (χ4n) is 2.34. The number of carbonyl (C=O) groups is 1. The Kier molecular flexibility index (Phi) is 5.66. The van der Waals surface area contributed by atoms with Crippen molar-refractivity contribution in [2.75, 3.05) is 17.0 Å². The molecule has 148 valence electrons. The maximum absolute atomic E-state index is 12.8. The molecule has 2 aromatic rings. The lowest BCUT2D eigenvalue weighted by atomic mass is 10.2. The van der Waals surface area contributed by atoms with Gasteiger partial charge in [-0.15, -0.1) is 0 Å². The van der Waals surface area contributed by atoms with Crippen LogP contribution >= 0.6 is 11.8 Å². The molecule has 0 aromatic heterocycles. The highest BCUT2D eigenvalue weighted by atomic mass is 32.2. The van der Waals surface area contributed by atoms with Gasteiger partial charge in [-0.2, -0.15) is 13.2 Å². The topological polar surface area (TPSA) is 87.6 Å². The highest BCUT2D eigenvalue weighted by Gasteiger charge is 2.30. The van der Waals surface area contributed by atoms with Gasteiger partial charge in [-0.25, -0.2) is 8.42 Å². The van der Waals surface area contributed by atoms with Crippen molar-refractivity contribution in [1.29, 1.82) is 0 Å². The number of sulfonamides is 1. The molecular formula is C17H14F3N3O3S2. The van der Waals surface area contributed by atoms with Crippen LogP contribution in [0.3, 0.4) is 0 Å². The number of alkyl halides is 3. The molecule has 0 spiro atoms. The molecule has 2 N–H and O–H groups in total. The van der Waals surface area contributed by atoms with Crippen LogP contribution in [0.5, 0.6) is 0 Å². The number of anilines is 1. The van der Waals surface area contributed by atoms with Crippen molar-refractivity contribution in [2.24, 2.45) is 4.99 Å². The maximum Gasteiger partial charge on any atom is 0.416 e. The Morgan fingerprint density at radius 3 is 2.43 bits per heavy atom. The average Bonchev–Trinajstić information content (AvgIpc) is 3.14. The highest BCUT2D eigenvalue weighted by molar-refractivity contribution is 8.14. The molecule has 0 saturated heterocycles. The molecule has 3 rings (SSSR count). The third-order valence-electron chi connectivity index (χ3n) is 3.67. The van der Waals surface area contributed by atoms with Crippen LogP contribution in [0.1, 0.15) is 15.9 Å². The summed E-state index contributed by atoms with van der Waals surface area (Å²) in [7, 11) is -4.12. The first kappa shape index (κ1) is 20.2. The summed E-state index contributed by atoms with van der Waals surface area (Å²) >= 11 is 1.41. The van der Waals surface area contributed by atoms with Gasteiger partial charge in [0.2, 0.25) is 0 Å². The van der Waals surface area contributed by atoms with E-state index in [1.54, 1.807) is 0 Å². The summed E-state index contributed by atoms with van der Waals surface area (Å²) in [5.74, 6) is 0.358. The molecule has 0 bridgehead atoms. The molecule has 1 heterocycles. The number of aliphatic imine (C=N–C) groups is 1. The minimum Gasteiger partial charge on any atom is -0.301 e. The molecule has 6 nitrogen and oxygen atoms in total. The summed E-state index contributed by atoms with van der Waals surface area (Å²) < 4.78 is 65.2. The fraction of sp³-hybridized carbons (Fsp3) is 0.176. The number of nitrogens with zero attached hydrogens (tertiary/aromatic N) is 1. The minimum atomic E-state index is -4.58. The molecule has 0 unspecified atom stereocenters. The van der Waals surface area contributed by atoms with E-state index < -0.39 is 27.7 Å². The van der Waals surface area contributed by atoms with Gasteiger partial charge < -0.3 is 5.32 Å². The Balaban J connectivity index is 1.74. The Bertz CT molecular complexity index is 1020. The van der Waals surface area contributed by atoms with Crippen LogP contribution in [0.2, 0.25) is 0 Å². The van der Waals surface area contributed by atoms with Gasteiger partial charge in [-0.3, -0.25) is 14.5 Å². The maximum atomic E-state index is 12.8. The SMILES string of the molecule is O=C(NC1=NCCS1)c1ccc(S(=O)(=O)Nc2cccc(C(F)(F)F)c2)cc1. The minimum absolute atomic E-state index is 0.186. The van der Waals surface area contributed by atoms with E-state index in [1.807, 2.05) is 0 Å². The number of hydrogen-bond donors (Lipinski definition) is 2. The third kappa shape index (κ3) is 4.84. The van der Waals surface area contributed by atoms with Crippen molar-refractivity contribution in [2.45, 2.75) is 11.1 Å². The van der Waals surface area contributed by atoms with Crippen LogP contribution in [0.15, 0.2) is 58.4 Å². The lowest BCUT2D eigenvalue weighted by molar-refractivity contribution is -0.137. The van der Waals surface area contributed by atoms with Crippen molar-refractivity contribution in [1.82, 2.24) is 5.32 Å². The second-order valence-electron chi connectivity index (χ2n) is 5.70. The van der Waals surface area contributed by atoms with Gasteiger partial charge in [0.25, 0.3) is 15.9 Å². The van der Waals surface area contributed by atoms with E-state index in [9.17, 15) is 26.4 Å². The van der Waals surface area contributed by atoms with Crippen molar-refractivity contribution in [3.63, 3.8) is 0 Å². The number of hydrogen-bond acceptors (Lipinski definition) is 5. The first-order valence-corrected chi connectivity index (χ1v) is 10.4. The van der Waals surface area contributed by atoms with E-state index >= 15 is 0 Å². The molecule has 1 aliphatic heterocycles. The van der Waals surface area contributed by atoms with Gasteiger partial charge in [0.15, 0.2) is 5.17 Å². The van der Waals surface area contributed by atoms with Crippen LogP contribution in [0, 0.1) is 0 Å². The summed E-state index contributed by atoms with van der Waals surface area (Å²) in [6, 6.07) is 8.92. The van der Waals surface area contributed by atoms with Crippen LogP contribution in [0.25, 0.3) is 0 Å². The zero-order valence-corrected chi connectivity index (χ0v) is 15.8. The molecule has 28 heavy (non-hydrogen) atoms. The van der Waals surface area contributed by atoms with E-state index in [-0.39, 0.29) is 16.1 Å². The smallest absolute Gasteiger partial charge is 0.301 e. The van der Waals surface area contributed by atoms with Gasteiger partial charge in [0.1, 0.15) is 0 Å². The number of nitrogens with one attached hydrogen (secondary N) is 2. The monoisotopic (exact) mass is 429 g/mol. The number of halogens is 3. The lowest BCUT2D eigenvalue weighted by Crippen LogP contribution is -2.27. The predicted octanol–water partition coefficient (Wildman–Crippen LogP) is 3.34. The van der Waals surface area contributed by atoms with Gasteiger partial charge >= 0.3 is 6.18 Å². The molecule has 0 fully saturated rings. The summed E-state index contributed by atoms with van der Waals surface area (Å²) in [6.45, 7) is 0.624. The number of carbonyl (C=O) groups excluding carboxylic acids is 1. The summed E-state index contributed by atoms with van der Waals surface area (Å²) in [5, 5.41) is 3.12. The normalized spacial score (nSPS) is 14.5. The first-order valence-electron chi connectivity index (χ1n) is 7.94. The van der Waals surface area contributed by atoms with Crippen molar-refractivity contribution < 1.29 is 26.4 Å². The van der Waals surface area contributed by atoms with Crippen LogP contribution in [-0.4, -0.2) is 31.8 Å². The Labute approximate surface area is 163 Å². The molecule has 0 saturated carbocycles. The molecule has 1 amide bonds. The van der Waals surface area contributed by atoms with Crippen LogP contribution in [0.4, 0.5) is 18.9 Å². The molecule has 0 atom stereocenters. The first-order chi connectivity index (χ1) is 13.1. The van der Waals surface area contributed by atoms with E-state index in [1.165, 1.54) is 42.1 Å². The van der Waals surface area contributed by atoms with Crippen molar-refractivity contribution >= 4 is 38.5 Å². The van der Waals surface area contributed by atoms with Gasteiger partial charge in [0, 0.05) is 17.0 Å². The largest absolute Gasteiger partial charge is 0.416 e. The number of rotatable bonds is 4. The fourth-order valence-corrected chi connectivity index (χ4v) is 4.11. The van der Waals surface area contributed by atoms with Crippen LogP contribution in [-0.2, 0) is 16.2 Å². The Hall–Kier alpha value is -2.53. The van der Waals surface area contributed by atoms with E-state index in [0.717, 1.165) is 17.9 Å². The summed E-state index contributed by atoms with van der Waals surface area (Å²) in [5.41, 5.74) is -0.950. The molecule has 2 aromatic carbocycles. The van der Waals surface area contributed by atoms with E-state index in [0.29, 0.717) is 17.8 Å². The summed E-state index contributed by atoms with van der Waals surface area (Å²) in [6.07, 6.45) is -4.58. The molecule has 11 heteroatoms. The summed E-state index contributed by atoms with van der Waals surface area (Å²) in [4.78, 5) is 16.0. The standard InChI is InChI=1S/C17H14F3N3O3S2/c18-17(19,20)12-2-1-3-13(10-12)23-28(25,26)14-6-4-11(5-7-14)15(24)22-16-21-8-9-27-16/h1-7,10,23H,8-9H2,(H,21,22,24). The highest BCUT2D eigenvalue weighted by Crippen LogP contribution is 2.31. The quantitative estimate of drug-likeness (QED) is 0.781. The van der Waals surface area contributed by atoms with E-state index in [2.05, 4.69) is 15.0 Å². The molecular weight excluding hydrogens is 415 g/mol. The Morgan fingerprint density at radius 2 is 1.82 bits per heavy atom. The predicted molar refractivity (Wildman–Crippen MR) is 101 cm³/mol. The zero-order valence-electron chi connectivity index (χ0n) is 14.2. The van der Waals surface area contributed by atoms with Crippen molar-refractivity contribution in [3.8, 4) is 0 Å². The average molecular weight is 429 g/mol. The van der Waals surface area contributed by atoms with Gasteiger partial charge in [0.05, 0.1) is 17.0 Å². The molecule has 0 radical (unpaired) electrons.